The van der Waals surface area contributed by atoms with E-state index >= 15 is 0 Å². The molecule has 10 nitrogen and oxygen atoms in total. The van der Waals surface area contributed by atoms with E-state index in [1.165, 1.54) is 16.8 Å². The monoisotopic (exact) mass is 561 g/mol. The second-order valence-corrected chi connectivity index (χ2v) is 13.1. The van der Waals surface area contributed by atoms with Crippen molar-refractivity contribution < 1.29 is 9.59 Å². The maximum absolute atomic E-state index is 13.8. The van der Waals surface area contributed by atoms with E-state index in [-0.39, 0.29) is 23.3 Å². The van der Waals surface area contributed by atoms with Crippen LogP contribution in [-0.4, -0.2) is 68.9 Å². The van der Waals surface area contributed by atoms with Gasteiger partial charge in [0.2, 0.25) is 5.91 Å². The molecule has 0 aromatic carbocycles. The first-order valence-electron chi connectivity index (χ1n) is 14.4. The number of fused-ring (bicyclic) bond motifs is 5. The number of thiophene rings is 1. The van der Waals surface area contributed by atoms with E-state index in [9.17, 15) is 14.4 Å². The number of rotatable bonds is 3. The van der Waals surface area contributed by atoms with Crippen LogP contribution in [-0.2, 0) is 23.3 Å². The minimum Gasteiger partial charge on any atom is -0.340 e. The Bertz CT molecular complexity index is 1610. The molecule has 3 aromatic rings. The fraction of sp³-hybridized carbons (Fsp3) is 0.552. The van der Waals surface area contributed by atoms with Crippen molar-refractivity contribution in [3.63, 3.8) is 0 Å². The van der Waals surface area contributed by atoms with Crippen LogP contribution in [0.5, 0.6) is 0 Å². The fourth-order valence-corrected chi connectivity index (χ4v) is 8.48. The quantitative estimate of drug-likeness (QED) is 0.505. The summed E-state index contributed by atoms with van der Waals surface area (Å²) in [5, 5.41) is 7.39. The molecule has 1 saturated carbocycles. The number of nitrogens with one attached hydrogen (secondary N) is 2. The lowest BCUT2D eigenvalue weighted by molar-refractivity contribution is -0.138. The van der Waals surface area contributed by atoms with Crippen LogP contribution in [0, 0.1) is 12.8 Å². The first kappa shape index (κ1) is 25.6. The van der Waals surface area contributed by atoms with Gasteiger partial charge >= 0.3 is 0 Å². The summed E-state index contributed by atoms with van der Waals surface area (Å²) in [7, 11) is 2.12. The van der Waals surface area contributed by atoms with Crippen LogP contribution in [0.15, 0.2) is 17.2 Å². The number of aromatic nitrogens is 3. The fourth-order valence-electron chi connectivity index (χ4n) is 7.21. The molecule has 2 aliphatic heterocycles. The van der Waals surface area contributed by atoms with Gasteiger partial charge in [-0.2, -0.15) is 0 Å². The maximum atomic E-state index is 13.8. The number of amides is 2. The highest BCUT2D eigenvalue weighted by Crippen LogP contribution is 2.42. The van der Waals surface area contributed by atoms with E-state index in [1.807, 2.05) is 11.8 Å². The second kappa shape index (κ2) is 9.37. The third kappa shape index (κ3) is 3.88. The summed E-state index contributed by atoms with van der Waals surface area (Å²) in [6, 6.07) is 2.13. The maximum Gasteiger partial charge on any atom is 0.276 e. The molecule has 1 spiro atoms. The summed E-state index contributed by atoms with van der Waals surface area (Å²) in [6.07, 6.45) is 7.30. The molecular weight excluding hydrogens is 526 g/mol. The van der Waals surface area contributed by atoms with Crippen molar-refractivity contribution in [3.8, 4) is 0 Å². The third-order valence-electron chi connectivity index (χ3n) is 9.53. The Morgan fingerprint density at radius 2 is 2.00 bits per heavy atom. The van der Waals surface area contributed by atoms with Crippen molar-refractivity contribution in [2.45, 2.75) is 70.5 Å². The van der Waals surface area contributed by atoms with Gasteiger partial charge in [0.15, 0.2) is 0 Å². The molecule has 7 rings (SSSR count). The predicted octanol–water partition coefficient (Wildman–Crippen LogP) is 3.14. The van der Waals surface area contributed by atoms with Crippen molar-refractivity contribution in [1.29, 1.82) is 0 Å². The van der Waals surface area contributed by atoms with Gasteiger partial charge in [-0.15, -0.1) is 11.3 Å². The summed E-state index contributed by atoms with van der Waals surface area (Å²) in [4.78, 5) is 55.6. The molecule has 2 N–H and O–H groups in total. The molecule has 210 valence electrons. The minimum atomic E-state index is -0.627. The molecule has 40 heavy (non-hydrogen) atoms. The SMILES string of the molecule is Cc1cc(Nc2ncnc3sc4c(c23)CC[C@H](C(=O)N2CCN(C)[C@H](C)C2)C4)c(=O)n2c1C(=O)NC21CCCC1. The van der Waals surface area contributed by atoms with E-state index in [1.54, 1.807) is 22.0 Å². The lowest BCUT2D eigenvalue weighted by Crippen LogP contribution is -2.53. The van der Waals surface area contributed by atoms with Crippen LogP contribution in [0.1, 0.15) is 65.5 Å². The van der Waals surface area contributed by atoms with Gasteiger partial charge < -0.3 is 20.4 Å². The van der Waals surface area contributed by atoms with Gasteiger partial charge in [-0.05, 0) is 83.0 Å². The smallest absolute Gasteiger partial charge is 0.276 e. The van der Waals surface area contributed by atoms with Crippen molar-refractivity contribution in [2.75, 3.05) is 32.0 Å². The first-order valence-corrected chi connectivity index (χ1v) is 15.2. The van der Waals surface area contributed by atoms with Crippen molar-refractivity contribution in [1.82, 2.24) is 29.7 Å². The zero-order chi connectivity index (χ0) is 27.8. The van der Waals surface area contributed by atoms with Crippen molar-refractivity contribution in [3.05, 3.63) is 44.4 Å². The molecule has 4 aliphatic rings. The number of piperazine rings is 1. The largest absolute Gasteiger partial charge is 0.340 e. The second-order valence-electron chi connectivity index (χ2n) is 12.0. The number of nitrogens with zero attached hydrogens (tertiary/aromatic N) is 5. The van der Waals surface area contributed by atoms with E-state index < -0.39 is 5.66 Å². The standard InChI is InChI=1S/C29H35N7O3S/c1-16-12-20(28(39)36-23(16)25(37)33-29(36)8-4-5-9-29)32-24-22-19-7-6-18(13-21(19)40-26(22)31-15-30-24)27(38)35-11-10-34(3)17(2)14-35/h12,15,17-18H,4-11,13-14H2,1-3H3,(H,33,37)(H,30,31,32)/t17-,18+/m1/s1. The predicted molar refractivity (Wildman–Crippen MR) is 154 cm³/mol. The molecule has 0 unspecified atom stereocenters. The zero-order valence-corrected chi connectivity index (χ0v) is 24.1. The number of likely N-dealkylation sites (N-methyl/N-ethyl adjacent to an activating group) is 1. The summed E-state index contributed by atoms with van der Waals surface area (Å²) >= 11 is 1.63. The molecule has 2 fully saturated rings. The van der Waals surface area contributed by atoms with Crippen LogP contribution >= 0.6 is 11.3 Å². The van der Waals surface area contributed by atoms with Gasteiger partial charge in [-0.3, -0.25) is 19.0 Å². The van der Waals surface area contributed by atoms with E-state index in [0.717, 1.165) is 73.9 Å². The summed E-state index contributed by atoms with van der Waals surface area (Å²) in [5.41, 5.74) is 1.99. The van der Waals surface area contributed by atoms with Crippen LogP contribution in [0.3, 0.4) is 0 Å². The molecule has 3 aromatic heterocycles. The summed E-state index contributed by atoms with van der Waals surface area (Å²) < 4.78 is 1.69. The third-order valence-corrected chi connectivity index (χ3v) is 10.7. The van der Waals surface area contributed by atoms with Gasteiger partial charge in [0.05, 0.1) is 5.39 Å². The highest BCUT2D eigenvalue weighted by Gasteiger charge is 2.46. The number of anilines is 2. The van der Waals surface area contributed by atoms with Crippen LogP contribution in [0.25, 0.3) is 10.2 Å². The number of carbonyl (C=O) groups is 2. The Kier molecular flexibility index (Phi) is 6.01. The van der Waals surface area contributed by atoms with Crippen LogP contribution in [0.2, 0.25) is 0 Å². The minimum absolute atomic E-state index is 0.0165. The molecule has 5 heterocycles. The molecule has 2 atom stereocenters. The van der Waals surface area contributed by atoms with Crippen molar-refractivity contribution in [2.24, 2.45) is 5.92 Å². The molecule has 2 amide bonds. The van der Waals surface area contributed by atoms with Gasteiger partial charge in [-0.25, -0.2) is 9.97 Å². The summed E-state index contributed by atoms with van der Waals surface area (Å²) in [5.74, 6) is 0.680. The Morgan fingerprint density at radius 3 is 2.77 bits per heavy atom. The Morgan fingerprint density at radius 1 is 1.20 bits per heavy atom. The molecule has 1 saturated heterocycles. The lowest BCUT2D eigenvalue weighted by atomic mass is 9.86. The van der Waals surface area contributed by atoms with E-state index in [2.05, 4.69) is 39.5 Å². The number of hydrogen-bond acceptors (Lipinski definition) is 8. The van der Waals surface area contributed by atoms with Crippen LogP contribution < -0.4 is 16.2 Å². The average molecular weight is 562 g/mol. The molecule has 2 aliphatic carbocycles. The number of hydrogen-bond donors (Lipinski definition) is 2. The Balaban J connectivity index is 1.20. The first-order chi connectivity index (χ1) is 19.3. The van der Waals surface area contributed by atoms with Gasteiger partial charge in [-0.1, -0.05) is 0 Å². The summed E-state index contributed by atoms with van der Waals surface area (Å²) in [6.45, 7) is 6.53. The molecule has 11 heteroatoms. The van der Waals surface area contributed by atoms with Gasteiger partial charge in [0.25, 0.3) is 11.5 Å². The van der Waals surface area contributed by atoms with Gasteiger partial charge in [0.1, 0.15) is 34.0 Å². The normalized spacial score (nSPS) is 23.9. The molecule has 0 bridgehead atoms. The molecule has 0 radical (unpaired) electrons. The number of carbonyl (C=O) groups excluding carboxylic acids is 2. The molecular formula is C29H35N7O3S. The zero-order valence-electron chi connectivity index (χ0n) is 23.2. The Labute approximate surface area is 236 Å². The van der Waals surface area contributed by atoms with Gasteiger partial charge in [0, 0.05) is 36.5 Å². The number of aryl methyl sites for hydroxylation is 2. The average Bonchev–Trinajstić information content (AvgIpc) is 3.63. The van der Waals surface area contributed by atoms with Crippen molar-refractivity contribution >= 4 is 44.9 Å². The highest BCUT2D eigenvalue weighted by atomic mass is 32.1. The highest BCUT2D eigenvalue weighted by molar-refractivity contribution is 7.19. The van der Waals surface area contributed by atoms with Crippen LogP contribution in [0.4, 0.5) is 11.5 Å². The van der Waals surface area contributed by atoms with E-state index in [0.29, 0.717) is 29.7 Å². The van der Waals surface area contributed by atoms with E-state index in [4.69, 9.17) is 0 Å². The topological polar surface area (TPSA) is 112 Å². The lowest BCUT2D eigenvalue weighted by Gasteiger charge is -2.39. The number of pyridine rings is 1. The Hall–Kier alpha value is -3.31.